The SMILES string of the molecule is CCN(C(=O)C(C)OC(=O)c1c(C)cc(C)cc1C)C1CCS(=O)(=O)C1. The van der Waals surface area contributed by atoms with Crippen LogP contribution in [0, 0.1) is 20.8 Å². The summed E-state index contributed by atoms with van der Waals surface area (Å²) in [7, 11) is -3.09. The first-order valence-corrected chi connectivity index (χ1v) is 10.7. The molecule has 0 N–H and O–H groups in total. The third-order valence-corrected chi connectivity index (χ3v) is 6.54. The highest BCUT2D eigenvalue weighted by atomic mass is 32.2. The molecule has 0 radical (unpaired) electrons. The third kappa shape index (κ3) is 4.44. The van der Waals surface area contributed by atoms with Crippen molar-refractivity contribution in [3.63, 3.8) is 0 Å². The molecule has 0 spiro atoms. The van der Waals surface area contributed by atoms with Crippen LogP contribution in [0.25, 0.3) is 0 Å². The van der Waals surface area contributed by atoms with Crippen molar-refractivity contribution in [1.29, 1.82) is 0 Å². The number of carbonyl (C=O) groups is 2. The molecule has 1 aromatic carbocycles. The molecule has 7 heteroatoms. The molecule has 26 heavy (non-hydrogen) atoms. The predicted molar refractivity (Wildman–Crippen MR) is 100.0 cm³/mol. The molecule has 2 atom stereocenters. The number of hydrogen-bond acceptors (Lipinski definition) is 5. The highest BCUT2D eigenvalue weighted by Gasteiger charge is 2.36. The van der Waals surface area contributed by atoms with Gasteiger partial charge in [-0.25, -0.2) is 13.2 Å². The van der Waals surface area contributed by atoms with E-state index in [9.17, 15) is 18.0 Å². The normalized spacial score (nSPS) is 19.8. The number of hydrogen-bond donors (Lipinski definition) is 0. The highest BCUT2D eigenvalue weighted by Crippen LogP contribution is 2.21. The van der Waals surface area contributed by atoms with Crippen LogP contribution in [0.15, 0.2) is 12.1 Å². The zero-order valence-electron chi connectivity index (χ0n) is 16.0. The molecule has 1 aliphatic heterocycles. The van der Waals surface area contributed by atoms with Crippen LogP contribution in [-0.2, 0) is 19.4 Å². The van der Waals surface area contributed by atoms with Gasteiger partial charge in [-0.3, -0.25) is 4.79 Å². The lowest BCUT2D eigenvalue weighted by Gasteiger charge is -2.29. The fraction of sp³-hybridized carbons (Fsp3) is 0.579. The van der Waals surface area contributed by atoms with Gasteiger partial charge in [-0.2, -0.15) is 0 Å². The minimum atomic E-state index is -3.09. The van der Waals surface area contributed by atoms with Crippen LogP contribution in [-0.4, -0.2) is 55.4 Å². The van der Waals surface area contributed by atoms with Crippen LogP contribution in [0.2, 0.25) is 0 Å². The zero-order chi connectivity index (χ0) is 19.6. The predicted octanol–water partition coefficient (Wildman–Crippen LogP) is 2.19. The minimum Gasteiger partial charge on any atom is -0.449 e. The van der Waals surface area contributed by atoms with Gasteiger partial charge in [-0.15, -0.1) is 0 Å². The Morgan fingerprint density at radius 1 is 1.23 bits per heavy atom. The van der Waals surface area contributed by atoms with Crippen molar-refractivity contribution in [2.45, 2.75) is 53.2 Å². The summed E-state index contributed by atoms with van der Waals surface area (Å²) in [5, 5.41) is 0. The van der Waals surface area contributed by atoms with Crippen molar-refractivity contribution in [3.8, 4) is 0 Å². The molecule has 144 valence electrons. The summed E-state index contributed by atoms with van der Waals surface area (Å²) >= 11 is 0. The van der Waals surface area contributed by atoms with Gasteiger partial charge >= 0.3 is 5.97 Å². The van der Waals surface area contributed by atoms with E-state index in [2.05, 4.69) is 0 Å². The Balaban J connectivity index is 2.12. The van der Waals surface area contributed by atoms with E-state index in [1.807, 2.05) is 32.9 Å². The first-order valence-electron chi connectivity index (χ1n) is 8.85. The fourth-order valence-electron chi connectivity index (χ4n) is 3.62. The minimum absolute atomic E-state index is 0.0244. The van der Waals surface area contributed by atoms with Crippen molar-refractivity contribution < 1.29 is 22.7 Å². The summed E-state index contributed by atoms with van der Waals surface area (Å²) in [4.78, 5) is 26.8. The Morgan fingerprint density at radius 3 is 2.27 bits per heavy atom. The van der Waals surface area contributed by atoms with Crippen molar-refractivity contribution in [1.82, 2.24) is 4.90 Å². The average Bonchev–Trinajstić information content (AvgIpc) is 2.86. The topological polar surface area (TPSA) is 80.8 Å². The number of sulfone groups is 1. The molecule has 2 unspecified atom stereocenters. The molecule has 1 aliphatic rings. The lowest BCUT2D eigenvalue weighted by Crippen LogP contribution is -2.46. The Bertz CT molecular complexity index is 792. The Hall–Kier alpha value is -1.89. The second-order valence-corrected chi connectivity index (χ2v) is 9.23. The maximum Gasteiger partial charge on any atom is 0.339 e. The molecule has 1 aromatic rings. The molecule has 1 amide bonds. The van der Waals surface area contributed by atoms with E-state index >= 15 is 0 Å². The van der Waals surface area contributed by atoms with E-state index in [0.29, 0.717) is 18.5 Å². The average molecular weight is 381 g/mol. The quantitative estimate of drug-likeness (QED) is 0.731. The van der Waals surface area contributed by atoms with E-state index in [1.54, 1.807) is 6.92 Å². The first kappa shape index (κ1) is 20.4. The summed E-state index contributed by atoms with van der Waals surface area (Å²) in [6.07, 6.45) is -0.537. The van der Waals surface area contributed by atoms with Gasteiger partial charge in [0.15, 0.2) is 15.9 Å². The molecule has 0 bridgehead atoms. The first-order chi connectivity index (χ1) is 12.1. The number of ether oxygens (including phenoxy) is 1. The van der Waals surface area contributed by atoms with Crippen LogP contribution in [0.3, 0.4) is 0 Å². The number of nitrogens with zero attached hydrogens (tertiary/aromatic N) is 1. The van der Waals surface area contributed by atoms with E-state index in [1.165, 1.54) is 11.8 Å². The lowest BCUT2D eigenvalue weighted by molar-refractivity contribution is -0.141. The molecule has 6 nitrogen and oxygen atoms in total. The summed E-state index contributed by atoms with van der Waals surface area (Å²) in [5.41, 5.74) is 3.14. The van der Waals surface area contributed by atoms with Crippen LogP contribution in [0.1, 0.15) is 47.3 Å². The van der Waals surface area contributed by atoms with E-state index in [0.717, 1.165) is 16.7 Å². The molecule has 1 fully saturated rings. The van der Waals surface area contributed by atoms with E-state index in [4.69, 9.17) is 4.74 Å². The number of aryl methyl sites for hydroxylation is 3. The lowest BCUT2D eigenvalue weighted by atomic mass is 10.00. The maximum absolute atomic E-state index is 12.7. The molecule has 0 aromatic heterocycles. The second-order valence-electron chi connectivity index (χ2n) is 7.00. The molecule has 0 saturated carbocycles. The highest BCUT2D eigenvalue weighted by molar-refractivity contribution is 7.91. The third-order valence-electron chi connectivity index (χ3n) is 4.79. The Kier molecular flexibility index (Phi) is 6.11. The molecule has 0 aliphatic carbocycles. The molecular weight excluding hydrogens is 354 g/mol. The number of esters is 1. The van der Waals surface area contributed by atoms with Gasteiger partial charge in [0, 0.05) is 12.6 Å². The largest absolute Gasteiger partial charge is 0.449 e. The van der Waals surface area contributed by atoms with Crippen molar-refractivity contribution >= 4 is 21.7 Å². The standard InChI is InChI=1S/C19H27NO5S/c1-6-20(16-7-8-26(23,24)11-16)18(21)15(5)25-19(22)17-13(3)9-12(2)10-14(17)4/h9-10,15-16H,6-8,11H2,1-5H3. The number of rotatable bonds is 5. The van der Waals surface area contributed by atoms with Gasteiger partial charge in [0.2, 0.25) is 0 Å². The summed E-state index contributed by atoms with van der Waals surface area (Å²) < 4.78 is 28.8. The van der Waals surface area contributed by atoms with E-state index in [-0.39, 0.29) is 23.5 Å². The monoisotopic (exact) mass is 381 g/mol. The van der Waals surface area contributed by atoms with Crippen molar-refractivity contribution in [2.24, 2.45) is 0 Å². The fourth-order valence-corrected chi connectivity index (χ4v) is 5.35. The van der Waals surface area contributed by atoms with Gasteiger partial charge in [-0.05, 0) is 52.2 Å². The zero-order valence-corrected chi connectivity index (χ0v) is 16.9. The van der Waals surface area contributed by atoms with Gasteiger partial charge < -0.3 is 9.64 Å². The van der Waals surface area contributed by atoms with Crippen LogP contribution in [0.4, 0.5) is 0 Å². The van der Waals surface area contributed by atoms with Crippen LogP contribution >= 0.6 is 0 Å². The van der Waals surface area contributed by atoms with Crippen LogP contribution in [0.5, 0.6) is 0 Å². The van der Waals surface area contributed by atoms with Gasteiger partial charge in [-0.1, -0.05) is 17.7 Å². The van der Waals surface area contributed by atoms with Crippen molar-refractivity contribution in [3.05, 3.63) is 34.4 Å². The molecular formula is C19H27NO5S. The number of benzene rings is 1. The molecule has 2 rings (SSSR count). The molecule has 1 saturated heterocycles. The Labute approximate surface area is 155 Å². The van der Waals surface area contributed by atoms with Crippen molar-refractivity contribution in [2.75, 3.05) is 18.1 Å². The van der Waals surface area contributed by atoms with Gasteiger partial charge in [0.05, 0.1) is 17.1 Å². The summed E-state index contributed by atoms with van der Waals surface area (Å²) in [5.74, 6) is -0.817. The Morgan fingerprint density at radius 2 is 1.81 bits per heavy atom. The summed E-state index contributed by atoms with van der Waals surface area (Å²) in [6, 6.07) is 3.46. The summed E-state index contributed by atoms with van der Waals surface area (Å²) in [6.45, 7) is 9.34. The molecule has 1 heterocycles. The van der Waals surface area contributed by atoms with Gasteiger partial charge in [0.1, 0.15) is 0 Å². The van der Waals surface area contributed by atoms with Crippen LogP contribution < -0.4 is 0 Å². The number of likely N-dealkylation sites (N-methyl/N-ethyl adjacent to an activating group) is 1. The second kappa shape index (κ2) is 7.78. The van der Waals surface area contributed by atoms with E-state index < -0.39 is 21.9 Å². The smallest absolute Gasteiger partial charge is 0.339 e. The number of amides is 1. The maximum atomic E-state index is 12.7. The number of carbonyl (C=O) groups excluding carboxylic acids is 2. The van der Waals surface area contributed by atoms with Gasteiger partial charge in [0.25, 0.3) is 5.91 Å².